The zero-order valence-electron chi connectivity index (χ0n) is 12.9. The third kappa shape index (κ3) is 4.76. The van der Waals surface area contributed by atoms with E-state index in [9.17, 15) is 4.79 Å². The van der Waals surface area contributed by atoms with Gasteiger partial charge in [-0.2, -0.15) is 0 Å². The minimum Gasteiger partial charge on any atom is -0.496 e. The van der Waals surface area contributed by atoms with Crippen molar-refractivity contribution in [3.05, 3.63) is 29.8 Å². The van der Waals surface area contributed by atoms with Crippen molar-refractivity contribution in [3.8, 4) is 5.75 Å². The van der Waals surface area contributed by atoms with Gasteiger partial charge in [0.05, 0.1) is 13.7 Å². The number of ether oxygens (including phenoxy) is 2. The highest BCUT2D eigenvalue weighted by atomic mass is 16.6. The lowest BCUT2D eigenvalue weighted by Gasteiger charge is -2.25. The van der Waals surface area contributed by atoms with Crippen molar-refractivity contribution in [1.29, 1.82) is 0 Å². The van der Waals surface area contributed by atoms with Crippen LogP contribution >= 0.6 is 0 Å². The molecule has 112 valence electrons. The summed E-state index contributed by atoms with van der Waals surface area (Å²) in [6.45, 7) is 4.57. The van der Waals surface area contributed by atoms with Gasteiger partial charge >= 0.3 is 6.09 Å². The zero-order chi connectivity index (χ0) is 15.0. The minimum absolute atomic E-state index is 0.0560. The Hall–Kier alpha value is -1.71. The molecule has 0 fully saturated rings. The Kier molecular flexibility index (Phi) is 6.91. The number of hydrogen-bond acceptors (Lipinski definition) is 3. The number of carbonyl (C=O) groups is 1. The Morgan fingerprint density at radius 2 is 2.05 bits per heavy atom. The molecule has 4 nitrogen and oxygen atoms in total. The molecule has 0 radical (unpaired) electrons. The molecule has 0 aliphatic carbocycles. The van der Waals surface area contributed by atoms with E-state index < -0.39 is 0 Å². The number of hydrogen-bond donors (Lipinski definition) is 0. The van der Waals surface area contributed by atoms with Crippen molar-refractivity contribution in [2.24, 2.45) is 0 Å². The summed E-state index contributed by atoms with van der Waals surface area (Å²) in [5.74, 6) is 0.854. The smallest absolute Gasteiger partial charge is 0.409 e. The van der Waals surface area contributed by atoms with E-state index in [0.717, 1.165) is 30.6 Å². The summed E-state index contributed by atoms with van der Waals surface area (Å²) >= 11 is 0. The second-order valence-corrected chi connectivity index (χ2v) is 4.94. The quantitative estimate of drug-likeness (QED) is 0.717. The maximum atomic E-state index is 11.9. The van der Waals surface area contributed by atoms with Crippen LogP contribution < -0.4 is 4.74 Å². The fourth-order valence-corrected chi connectivity index (χ4v) is 1.91. The second kappa shape index (κ2) is 8.46. The monoisotopic (exact) mass is 279 g/mol. The molecule has 0 aliphatic heterocycles. The van der Waals surface area contributed by atoms with Crippen LogP contribution in [0.1, 0.15) is 32.3 Å². The van der Waals surface area contributed by atoms with Crippen LogP contribution in [0.2, 0.25) is 0 Å². The molecule has 0 bridgehead atoms. The van der Waals surface area contributed by atoms with Gasteiger partial charge in [0.2, 0.25) is 0 Å². The van der Waals surface area contributed by atoms with Crippen LogP contribution in [-0.2, 0) is 11.2 Å². The standard InChI is InChI=1S/C16H25NO3/c1-5-6-11-20-16(18)17(3)13(2)12-14-9-7-8-10-15(14)19-4/h7-10,13H,5-6,11-12H2,1-4H3. The van der Waals surface area contributed by atoms with Gasteiger partial charge in [-0.15, -0.1) is 0 Å². The summed E-state index contributed by atoms with van der Waals surface area (Å²) in [6, 6.07) is 7.92. The lowest BCUT2D eigenvalue weighted by molar-refractivity contribution is 0.0981. The average Bonchev–Trinajstić information content (AvgIpc) is 2.47. The number of nitrogens with zero attached hydrogens (tertiary/aromatic N) is 1. The molecule has 20 heavy (non-hydrogen) atoms. The van der Waals surface area contributed by atoms with E-state index in [4.69, 9.17) is 9.47 Å². The summed E-state index contributed by atoms with van der Waals surface area (Å²) in [6.07, 6.45) is 2.40. The van der Waals surface area contributed by atoms with Gasteiger partial charge in [0.15, 0.2) is 0 Å². The van der Waals surface area contributed by atoms with Gasteiger partial charge in [0.1, 0.15) is 5.75 Å². The van der Waals surface area contributed by atoms with Crippen molar-refractivity contribution in [3.63, 3.8) is 0 Å². The van der Waals surface area contributed by atoms with Gasteiger partial charge in [-0.25, -0.2) is 4.79 Å². The van der Waals surface area contributed by atoms with E-state index in [-0.39, 0.29) is 12.1 Å². The van der Waals surface area contributed by atoms with Crippen molar-refractivity contribution in [1.82, 2.24) is 4.90 Å². The molecule has 1 amide bonds. The predicted molar refractivity (Wildman–Crippen MR) is 80.2 cm³/mol. The number of unbranched alkanes of at least 4 members (excludes halogenated alkanes) is 1. The highest BCUT2D eigenvalue weighted by molar-refractivity contribution is 5.67. The van der Waals surface area contributed by atoms with E-state index in [1.165, 1.54) is 0 Å². The van der Waals surface area contributed by atoms with Crippen LogP contribution in [0, 0.1) is 0 Å². The SMILES string of the molecule is CCCCOC(=O)N(C)C(C)Cc1ccccc1OC. The molecule has 0 spiro atoms. The fourth-order valence-electron chi connectivity index (χ4n) is 1.91. The molecule has 0 aliphatic rings. The summed E-state index contributed by atoms with van der Waals surface area (Å²) in [7, 11) is 3.43. The third-order valence-electron chi connectivity index (χ3n) is 3.38. The first kappa shape index (κ1) is 16.3. The summed E-state index contributed by atoms with van der Waals surface area (Å²) in [4.78, 5) is 13.5. The fraction of sp³-hybridized carbons (Fsp3) is 0.562. The van der Waals surface area contributed by atoms with Gasteiger partial charge in [0.25, 0.3) is 0 Å². The molecule has 0 saturated heterocycles. The van der Waals surface area contributed by atoms with Crippen LogP contribution in [-0.4, -0.2) is 37.8 Å². The number of carbonyl (C=O) groups excluding carboxylic acids is 1. The van der Waals surface area contributed by atoms with Crippen molar-refractivity contribution >= 4 is 6.09 Å². The van der Waals surface area contributed by atoms with Gasteiger partial charge in [0, 0.05) is 13.1 Å². The molecular weight excluding hydrogens is 254 g/mol. The number of likely N-dealkylation sites (N-methyl/N-ethyl adjacent to an activating group) is 1. The Morgan fingerprint density at radius 3 is 2.70 bits per heavy atom. The van der Waals surface area contributed by atoms with Crippen LogP contribution in [0.25, 0.3) is 0 Å². The van der Waals surface area contributed by atoms with Gasteiger partial charge in [-0.1, -0.05) is 31.5 Å². The molecular formula is C16H25NO3. The largest absolute Gasteiger partial charge is 0.496 e. The number of para-hydroxylation sites is 1. The number of benzene rings is 1. The summed E-state index contributed by atoms with van der Waals surface area (Å²) < 4.78 is 10.5. The third-order valence-corrected chi connectivity index (χ3v) is 3.38. The van der Waals surface area contributed by atoms with Gasteiger partial charge < -0.3 is 14.4 Å². The van der Waals surface area contributed by atoms with Crippen LogP contribution in [0.4, 0.5) is 4.79 Å². The summed E-state index contributed by atoms with van der Waals surface area (Å²) in [5.41, 5.74) is 1.09. The predicted octanol–water partition coefficient (Wildman–Crippen LogP) is 3.49. The molecule has 0 saturated carbocycles. The van der Waals surface area contributed by atoms with Crippen LogP contribution in [0.3, 0.4) is 0 Å². The van der Waals surface area contributed by atoms with Crippen molar-refractivity contribution in [2.75, 3.05) is 20.8 Å². The number of amides is 1. The molecule has 0 heterocycles. The molecule has 0 aromatic heterocycles. The first-order valence-electron chi connectivity index (χ1n) is 7.11. The first-order chi connectivity index (χ1) is 9.60. The molecule has 1 aromatic rings. The van der Waals surface area contributed by atoms with Crippen molar-refractivity contribution < 1.29 is 14.3 Å². The van der Waals surface area contributed by atoms with Crippen LogP contribution in [0.5, 0.6) is 5.75 Å². The first-order valence-corrected chi connectivity index (χ1v) is 7.11. The highest BCUT2D eigenvalue weighted by Gasteiger charge is 2.18. The Morgan fingerprint density at radius 1 is 1.35 bits per heavy atom. The maximum absolute atomic E-state index is 11.9. The Balaban J connectivity index is 2.56. The average molecular weight is 279 g/mol. The van der Waals surface area contributed by atoms with Crippen LogP contribution in [0.15, 0.2) is 24.3 Å². The molecule has 4 heteroatoms. The Labute approximate surface area is 121 Å². The van der Waals surface area contributed by atoms with E-state index in [2.05, 4.69) is 6.92 Å². The van der Waals surface area contributed by atoms with E-state index in [1.54, 1.807) is 19.1 Å². The molecule has 1 unspecified atom stereocenters. The lowest BCUT2D eigenvalue weighted by atomic mass is 10.1. The highest BCUT2D eigenvalue weighted by Crippen LogP contribution is 2.20. The normalized spacial score (nSPS) is 11.8. The molecule has 1 aromatic carbocycles. The summed E-state index contributed by atoms with van der Waals surface area (Å²) in [5, 5.41) is 0. The van der Waals surface area contributed by atoms with E-state index >= 15 is 0 Å². The number of methoxy groups -OCH3 is 1. The van der Waals surface area contributed by atoms with Gasteiger partial charge in [-0.3, -0.25) is 0 Å². The van der Waals surface area contributed by atoms with E-state index in [0.29, 0.717) is 6.61 Å². The molecule has 1 atom stereocenters. The maximum Gasteiger partial charge on any atom is 0.409 e. The number of rotatable bonds is 7. The van der Waals surface area contributed by atoms with E-state index in [1.807, 2.05) is 31.2 Å². The second-order valence-electron chi connectivity index (χ2n) is 4.94. The van der Waals surface area contributed by atoms with Gasteiger partial charge in [-0.05, 0) is 31.4 Å². The minimum atomic E-state index is -0.263. The topological polar surface area (TPSA) is 38.8 Å². The molecule has 0 N–H and O–H groups in total. The zero-order valence-corrected chi connectivity index (χ0v) is 12.9. The van der Waals surface area contributed by atoms with Crippen molar-refractivity contribution in [2.45, 2.75) is 39.2 Å². The molecule has 1 rings (SSSR count). The lowest BCUT2D eigenvalue weighted by Crippen LogP contribution is -2.37. The Bertz CT molecular complexity index is 420.